The zero-order chi connectivity index (χ0) is 42.9. The maximum Gasteiger partial charge on any atom is 0.397 e. The van der Waals surface area contributed by atoms with Crippen molar-refractivity contribution in [3.05, 3.63) is 12.2 Å². The van der Waals surface area contributed by atoms with Crippen LogP contribution in [0.25, 0.3) is 0 Å². The average Bonchev–Trinajstić information content (AvgIpc) is 3.19. The lowest BCUT2D eigenvalue weighted by Gasteiger charge is -2.41. The van der Waals surface area contributed by atoms with Crippen LogP contribution in [0.5, 0.6) is 0 Å². The van der Waals surface area contributed by atoms with Crippen molar-refractivity contribution in [3.63, 3.8) is 0 Å². The highest BCUT2D eigenvalue weighted by molar-refractivity contribution is 7.80. The van der Waals surface area contributed by atoms with E-state index in [1.54, 1.807) is 0 Å². The maximum absolute atomic E-state index is 13.1. The highest BCUT2D eigenvalue weighted by Gasteiger charge is 2.48. The molecule has 1 aliphatic rings. The summed E-state index contributed by atoms with van der Waals surface area (Å²) in [5.74, 6) is -0.678. The molecule has 8 atom stereocenters. The summed E-state index contributed by atoms with van der Waals surface area (Å²) in [6, 6.07) is -1.03. The third kappa shape index (κ3) is 27.6. The SMILES string of the molecule is CCCCCCCCCCC/C=C\CCCCCCC(O)C(=O)NC(COC1OC(CO)C(O)C(OS(=O)(=O)O)C1O)C(O)CCCCCCCCCCCCCC. The second kappa shape index (κ2) is 35.4. The quantitative estimate of drug-likeness (QED) is 0.0180. The summed E-state index contributed by atoms with van der Waals surface area (Å²) in [5.41, 5.74) is 0. The molecule has 8 unspecified atom stereocenters. The van der Waals surface area contributed by atoms with Gasteiger partial charge in [0.15, 0.2) is 6.29 Å². The van der Waals surface area contributed by atoms with Crippen LogP contribution in [0.3, 0.4) is 0 Å². The first-order valence-corrected chi connectivity index (χ1v) is 24.5. The Morgan fingerprint density at radius 2 is 1.10 bits per heavy atom. The molecule has 0 saturated carbocycles. The number of ether oxygens (including phenoxy) is 2. The number of carbonyl (C=O) groups is 1. The molecule has 0 radical (unpaired) electrons. The van der Waals surface area contributed by atoms with Crippen LogP contribution in [-0.4, -0.2) is 107 Å². The molecule has 1 fully saturated rings. The van der Waals surface area contributed by atoms with Gasteiger partial charge in [0.2, 0.25) is 5.91 Å². The second-order valence-corrected chi connectivity index (χ2v) is 17.5. The summed E-state index contributed by atoms with van der Waals surface area (Å²) in [5, 5.41) is 55.3. The van der Waals surface area contributed by atoms with Crippen molar-refractivity contribution in [3.8, 4) is 0 Å². The molecule has 7 N–H and O–H groups in total. The molecule has 1 rings (SSSR count). The molecule has 0 aromatic rings. The van der Waals surface area contributed by atoms with Gasteiger partial charge in [0.1, 0.15) is 30.5 Å². The van der Waals surface area contributed by atoms with Crippen molar-refractivity contribution in [2.45, 2.75) is 249 Å². The van der Waals surface area contributed by atoms with E-state index in [-0.39, 0.29) is 6.42 Å². The van der Waals surface area contributed by atoms with Crippen molar-refractivity contribution in [2.24, 2.45) is 0 Å². The molecule has 0 bridgehead atoms. The summed E-state index contributed by atoms with van der Waals surface area (Å²) < 4.78 is 47.5. The summed E-state index contributed by atoms with van der Waals surface area (Å²) >= 11 is 0. The summed E-state index contributed by atoms with van der Waals surface area (Å²) in [6.45, 7) is 3.26. The van der Waals surface area contributed by atoms with Gasteiger partial charge in [-0.15, -0.1) is 0 Å². The minimum atomic E-state index is -5.11. The lowest BCUT2D eigenvalue weighted by molar-refractivity contribution is -0.298. The molecule has 13 nitrogen and oxygen atoms in total. The number of allylic oxidation sites excluding steroid dienone is 2. The number of rotatable bonds is 39. The van der Waals surface area contributed by atoms with E-state index in [1.807, 2.05) is 0 Å². The molecule has 0 spiro atoms. The van der Waals surface area contributed by atoms with Crippen LogP contribution >= 0.6 is 0 Å². The van der Waals surface area contributed by atoms with Crippen LogP contribution in [0, 0.1) is 0 Å². The highest BCUT2D eigenvalue weighted by atomic mass is 32.3. The fourth-order valence-corrected chi connectivity index (χ4v) is 7.97. The van der Waals surface area contributed by atoms with Crippen LogP contribution < -0.4 is 5.32 Å². The van der Waals surface area contributed by atoms with Crippen molar-refractivity contribution in [2.75, 3.05) is 13.2 Å². The van der Waals surface area contributed by atoms with Gasteiger partial charge in [-0.1, -0.05) is 174 Å². The number of aliphatic hydroxyl groups is 5. The molecule has 1 saturated heterocycles. The van der Waals surface area contributed by atoms with E-state index in [1.165, 1.54) is 109 Å². The van der Waals surface area contributed by atoms with Gasteiger partial charge in [-0.05, 0) is 38.5 Å². The lowest BCUT2D eigenvalue weighted by Crippen LogP contribution is -2.61. The van der Waals surface area contributed by atoms with Crippen molar-refractivity contribution in [1.29, 1.82) is 0 Å². The second-order valence-electron chi connectivity index (χ2n) is 16.5. The van der Waals surface area contributed by atoms with Crippen LogP contribution in [-0.2, 0) is 28.9 Å². The highest BCUT2D eigenvalue weighted by Crippen LogP contribution is 2.26. The van der Waals surface area contributed by atoms with E-state index >= 15 is 0 Å². The van der Waals surface area contributed by atoms with Gasteiger partial charge in [0.05, 0.1) is 25.4 Å². The predicted molar refractivity (Wildman–Crippen MR) is 228 cm³/mol. The van der Waals surface area contributed by atoms with Gasteiger partial charge in [-0.3, -0.25) is 9.35 Å². The molecule has 0 aromatic carbocycles. The third-order valence-corrected chi connectivity index (χ3v) is 11.6. The zero-order valence-corrected chi connectivity index (χ0v) is 37.1. The Balaban J connectivity index is 2.55. The largest absolute Gasteiger partial charge is 0.397 e. The first kappa shape index (κ1) is 54.8. The van der Waals surface area contributed by atoms with Gasteiger partial charge in [-0.25, -0.2) is 4.18 Å². The minimum absolute atomic E-state index is 0.248. The van der Waals surface area contributed by atoms with Gasteiger partial charge in [0, 0.05) is 0 Å². The third-order valence-electron chi connectivity index (χ3n) is 11.2. The lowest BCUT2D eigenvalue weighted by atomic mass is 9.99. The Kier molecular flexibility index (Phi) is 33.5. The Hall–Kier alpha value is -1.20. The monoisotopic (exact) mass is 852 g/mol. The molecule has 0 aromatic heterocycles. The van der Waals surface area contributed by atoms with Crippen molar-refractivity contribution < 1.29 is 57.0 Å². The van der Waals surface area contributed by atoms with Crippen LogP contribution in [0.15, 0.2) is 12.2 Å². The fraction of sp³-hybridized carbons (Fsp3) is 0.932. The van der Waals surface area contributed by atoms with Gasteiger partial charge in [-0.2, -0.15) is 8.42 Å². The summed E-state index contributed by atoms with van der Waals surface area (Å²) in [6.07, 6.45) is 25.4. The molecular formula is C44H85NO12S. The smallest absolute Gasteiger partial charge is 0.394 e. The summed E-state index contributed by atoms with van der Waals surface area (Å²) in [4.78, 5) is 13.1. The Morgan fingerprint density at radius 3 is 1.55 bits per heavy atom. The van der Waals surface area contributed by atoms with E-state index in [0.29, 0.717) is 19.3 Å². The zero-order valence-electron chi connectivity index (χ0n) is 36.2. The normalized spacial score (nSPS) is 21.7. The number of carbonyl (C=O) groups excluding carboxylic acids is 1. The minimum Gasteiger partial charge on any atom is -0.394 e. The number of hydrogen-bond acceptors (Lipinski definition) is 11. The maximum atomic E-state index is 13.1. The van der Waals surface area contributed by atoms with E-state index in [4.69, 9.17) is 9.47 Å². The van der Waals surface area contributed by atoms with Gasteiger partial charge < -0.3 is 40.3 Å². The molecule has 1 amide bonds. The Labute approximate surface area is 352 Å². The predicted octanol–water partition coefficient (Wildman–Crippen LogP) is 7.75. The average molecular weight is 852 g/mol. The van der Waals surface area contributed by atoms with Gasteiger partial charge >= 0.3 is 10.4 Å². The van der Waals surface area contributed by atoms with Crippen LogP contribution in [0.1, 0.15) is 200 Å². The first-order chi connectivity index (χ1) is 27.9. The Bertz CT molecular complexity index is 1110. The van der Waals surface area contributed by atoms with E-state index in [0.717, 1.165) is 51.4 Å². The van der Waals surface area contributed by atoms with Crippen molar-refractivity contribution in [1.82, 2.24) is 5.32 Å². The molecule has 1 heterocycles. The molecule has 344 valence electrons. The molecular weight excluding hydrogens is 767 g/mol. The topological polar surface area (TPSA) is 212 Å². The van der Waals surface area contributed by atoms with Crippen molar-refractivity contribution >= 4 is 16.3 Å². The number of aliphatic hydroxyl groups excluding tert-OH is 5. The van der Waals surface area contributed by atoms with E-state index in [2.05, 4.69) is 35.5 Å². The number of unbranched alkanes of at least 4 members (excludes halogenated alkanes) is 24. The molecule has 1 aliphatic heterocycles. The van der Waals surface area contributed by atoms with E-state index in [9.17, 15) is 43.3 Å². The molecule has 0 aliphatic carbocycles. The Morgan fingerprint density at radius 1 is 0.672 bits per heavy atom. The number of nitrogens with one attached hydrogen (secondary N) is 1. The van der Waals surface area contributed by atoms with Crippen LogP contribution in [0.2, 0.25) is 0 Å². The molecule has 58 heavy (non-hydrogen) atoms. The molecule has 14 heteroatoms. The standard InChI is InChI=1S/C44H85NO12S/c1-3-5-7-9-11-13-15-17-18-19-20-21-23-25-27-29-31-33-38(48)43(51)45-36(37(47)32-30-28-26-24-22-16-14-12-10-8-6-4-2)35-55-44-41(50)42(57-58(52,53)54)40(49)39(34-46)56-44/h20-21,36-42,44,46-50H,3-19,22-35H2,1-2H3,(H,45,51)(H,52,53,54)/b21-20-. The fourth-order valence-electron chi connectivity index (χ4n) is 7.46. The first-order valence-electron chi connectivity index (χ1n) is 23.2. The number of hydrogen-bond donors (Lipinski definition) is 7. The van der Waals surface area contributed by atoms with Crippen LogP contribution in [0.4, 0.5) is 0 Å². The van der Waals surface area contributed by atoms with Gasteiger partial charge in [0.25, 0.3) is 0 Å². The summed E-state index contributed by atoms with van der Waals surface area (Å²) in [7, 11) is -5.11. The number of amides is 1. The van der Waals surface area contributed by atoms with E-state index < -0.39 is 78.5 Å².